The molecule has 0 saturated carbocycles. The third-order valence-corrected chi connectivity index (χ3v) is 5.56. The molecule has 0 aliphatic heterocycles. The molecule has 0 saturated heterocycles. The summed E-state index contributed by atoms with van der Waals surface area (Å²) in [5, 5.41) is 3.60. The van der Waals surface area contributed by atoms with Crippen LogP contribution < -0.4 is 0 Å². The summed E-state index contributed by atoms with van der Waals surface area (Å²) in [5.41, 5.74) is 3.81. The van der Waals surface area contributed by atoms with E-state index in [2.05, 4.69) is 16.0 Å². The van der Waals surface area contributed by atoms with Crippen LogP contribution in [0.25, 0.3) is 21.8 Å². The lowest BCUT2D eigenvalue weighted by Crippen LogP contribution is -1.98. The first kappa shape index (κ1) is 17.2. The van der Waals surface area contributed by atoms with Crippen molar-refractivity contribution in [2.24, 2.45) is 0 Å². The molecule has 0 atom stereocenters. The van der Waals surface area contributed by atoms with Gasteiger partial charge in [-0.15, -0.1) is 11.3 Å². The van der Waals surface area contributed by atoms with E-state index in [-0.39, 0.29) is 5.82 Å². The second kappa shape index (κ2) is 7.19. The van der Waals surface area contributed by atoms with Crippen molar-refractivity contribution in [3.8, 4) is 21.8 Å². The van der Waals surface area contributed by atoms with Gasteiger partial charge in [0, 0.05) is 23.1 Å². The lowest BCUT2D eigenvalue weighted by atomic mass is 10.1. The summed E-state index contributed by atoms with van der Waals surface area (Å²) in [5.74, 6) is -0.254. The third-order valence-electron chi connectivity index (χ3n) is 3.90. The molecule has 0 aliphatic carbocycles. The van der Waals surface area contributed by atoms with Crippen LogP contribution in [0.4, 0.5) is 4.39 Å². The summed E-state index contributed by atoms with van der Waals surface area (Å²) in [6.07, 6.45) is 1.62. The molecule has 2 aromatic heterocycles. The number of hydrogen-bond acceptors (Lipinski definition) is 3. The Labute approximate surface area is 163 Å². The molecule has 0 spiro atoms. The summed E-state index contributed by atoms with van der Waals surface area (Å²) in [4.78, 5) is 8.68. The Balaban J connectivity index is 1.60. The zero-order valence-electron chi connectivity index (χ0n) is 13.4. The number of thiazole rings is 1. The molecule has 0 bridgehead atoms. The molecule has 3 nitrogen and oxygen atoms in total. The van der Waals surface area contributed by atoms with Crippen LogP contribution >= 0.6 is 34.5 Å². The van der Waals surface area contributed by atoms with Crippen molar-refractivity contribution in [1.29, 1.82) is 0 Å². The summed E-state index contributed by atoms with van der Waals surface area (Å²) in [6, 6.07) is 14.4. The predicted molar refractivity (Wildman–Crippen MR) is 104 cm³/mol. The standard InChI is InChI=1S/C19H12Cl2FN3S/c20-17-18(21)25(11-23-17)9-12-2-1-3-14(8-12)19-24-16(10-26-19)13-4-6-15(22)7-5-13/h1-8,10-11H,9H2. The van der Waals surface area contributed by atoms with Gasteiger partial charge in [-0.1, -0.05) is 41.4 Å². The van der Waals surface area contributed by atoms with Crippen LogP contribution in [0.2, 0.25) is 10.3 Å². The van der Waals surface area contributed by atoms with Gasteiger partial charge < -0.3 is 4.57 Å². The van der Waals surface area contributed by atoms with Gasteiger partial charge in [0.05, 0.1) is 12.0 Å². The number of aromatic nitrogens is 3. The highest BCUT2D eigenvalue weighted by molar-refractivity contribution is 7.13. The van der Waals surface area contributed by atoms with Gasteiger partial charge in [0.1, 0.15) is 16.0 Å². The van der Waals surface area contributed by atoms with E-state index in [1.807, 2.05) is 23.6 Å². The fourth-order valence-corrected chi connectivity index (χ4v) is 3.74. The Morgan fingerprint density at radius 2 is 1.85 bits per heavy atom. The summed E-state index contributed by atoms with van der Waals surface area (Å²) in [6.45, 7) is 0.572. The van der Waals surface area contributed by atoms with E-state index in [4.69, 9.17) is 23.2 Å². The Kier molecular flexibility index (Phi) is 4.76. The fraction of sp³-hybridized carbons (Fsp3) is 0.0526. The molecule has 0 radical (unpaired) electrons. The Bertz CT molecular complexity index is 1060. The maximum Gasteiger partial charge on any atom is 0.166 e. The minimum Gasteiger partial charge on any atom is -0.316 e. The highest BCUT2D eigenvalue weighted by Crippen LogP contribution is 2.30. The van der Waals surface area contributed by atoms with Crippen molar-refractivity contribution < 1.29 is 4.39 Å². The molecule has 0 fully saturated rings. The molecule has 130 valence electrons. The average molecular weight is 404 g/mol. The minimum absolute atomic E-state index is 0.254. The maximum atomic E-state index is 13.1. The molecular weight excluding hydrogens is 392 g/mol. The van der Waals surface area contributed by atoms with E-state index >= 15 is 0 Å². The molecule has 0 unspecified atom stereocenters. The SMILES string of the molecule is Fc1ccc(-c2csc(-c3cccc(Cn4cnc(Cl)c4Cl)c3)n2)cc1. The number of imidazole rings is 1. The van der Waals surface area contributed by atoms with Crippen LogP contribution in [0.5, 0.6) is 0 Å². The van der Waals surface area contributed by atoms with Crippen molar-refractivity contribution in [3.05, 3.63) is 81.9 Å². The predicted octanol–water partition coefficient (Wildman–Crippen LogP) is 6.17. The molecule has 4 rings (SSSR count). The molecule has 26 heavy (non-hydrogen) atoms. The first-order valence-electron chi connectivity index (χ1n) is 7.77. The molecule has 0 amide bonds. The second-order valence-electron chi connectivity index (χ2n) is 5.70. The molecule has 2 heterocycles. The van der Waals surface area contributed by atoms with Gasteiger partial charge in [0.2, 0.25) is 0 Å². The lowest BCUT2D eigenvalue weighted by Gasteiger charge is -2.06. The van der Waals surface area contributed by atoms with Crippen LogP contribution in [0.3, 0.4) is 0 Å². The largest absolute Gasteiger partial charge is 0.316 e. The number of halogens is 3. The zero-order valence-corrected chi connectivity index (χ0v) is 15.7. The van der Waals surface area contributed by atoms with E-state index < -0.39 is 0 Å². The van der Waals surface area contributed by atoms with Crippen molar-refractivity contribution in [3.63, 3.8) is 0 Å². The molecule has 4 aromatic rings. The van der Waals surface area contributed by atoms with Crippen molar-refractivity contribution in [1.82, 2.24) is 14.5 Å². The van der Waals surface area contributed by atoms with Gasteiger partial charge >= 0.3 is 0 Å². The van der Waals surface area contributed by atoms with Gasteiger partial charge in [0.15, 0.2) is 5.15 Å². The molecule has 7 heteroatoms. The van der Waals surface area contributed by atoms with E-state index in [1.54, 1.807) is 34.4 Å². The van der Waals surface area contributed by atoms with Crippen LogP contribution in [-0.2, 0) is 6.54 Å². The van der Waals surface area contributed by atoms with Crippen LogP contribution in [0, 0.1) is 5.82 Å². The summed E-state index contributed by atoms with van der Waals surface area (Å²) in [7, 11) is 0. The van der Waals surface area contributed by atoms with E-state index in [0.29, 0.717) is 16.9 Å². The van der Waals surface area contributed by atoms with E-state index in [0.717, 1.165) is 27.4 Å². The Morgan fingerprint density at radius 1 is 1.04 bits per heavy atom. The lowest BCUT2D eigenvalue weighted by molar-refractivity contribution is 0.628. The first-order valence-corrected chi connectivity index (χ1v) is 9.40. The highest BCUT2D eigenvalue weighted by atomic mass is 35.5. The number of nitrogens with zero attached hydrogens (tertiary/aromatic N) is 3. The number of rotatable bonds is 4. The quantitative estimate of drug-likeness (QED) is 0.407. The second-order valence-corrected chi connectivity index (χ2v) is 7.27. The van der Waals surface area contributed by atoms with E-state index in [9.17, 15) is 4.39 Å². The number of hydrogen-bond donors (Lipinski definition) is 0. The van der Waals surface area contributed by atoms with Gasteiger partial charge in [-0.2, -0.15) is 0 Å². The van der Waals surface area contributed by atoms with Crippen LogP contribution in [-0.4, -0.2) is 14.5 Å². The van der Waals surface area contributed by atoms with Gasteiger partial charge in [-0.05, 0) is 35.9 Å². The summed E-state index contributed by atoms with van der Waals surface area (Å²) < 4.78 is 14.9. The van der Waals surface area contributed by atoms with Gasteiger partial charge in [-0.3, -0.25) is 0 Å². The van der Waals surface area contributed by atoms with Crippen LogP contribution in [0.15, 0.2) is 60.2 Å². The Morgan fingerprint density at radius 3 is 2.58 bits per heavy atom. The van der Waals surface area contributed by atoms with Crippen molar-refractivity contribution in [2.75, 3.05) is 0 Å². The third kappa shape index (κ3) is 3.51. The number of benzene rings is 2. The minimum atomic E-state index is -0.254. The monoisotopic (exact) mass is 403 g/mol. The molecule has 0 N–H and O–H groups in total. The van der Waals surface area contributed by atoms with Gasteiger partial charge in [0.25, 0.3) is 0 Å². The molecule has 0 aliphatic rings. The van der Waals surface area contributed by atoms with Crippen molar-refractivity contribution >= 4 is 34.5 Å². The van der Waals surface area contributed by atoms with Crippen LogP contribution in [0.1, 0.15) is 5.56 Å². The normalized spacial score (nSPS) is 11.0. The van der Waals surface area contributed by atoms with Gasteiger partial charge in [-0.25, -0.2) is 14.4 Å². The topological polar surface area (TPSA) is 30.7 Å². The van der Waals surface area contributed by atoms with E-state index in [1.165, 1.54) is 12.1 Å². The van der Waals surface area contributed by atoms with Crippen molar-refractivity contribution in [2.45, 2.75) is 6.54 Å². The summed E-state index contributed by atoms with van der Waals surface area (Å²) >= 11 is 13.6. The molecular formula is C19H12Cl2FN3S. The fourth-order valence-electron chi connectivity index (χ4n) is 2.61. The Hall–Kier alpha value is -2.21. The average Bonchev–Trinajstić information content (AvgIpc) is 3.26. The first-order chi connectivity index (χ1) is 12.6. The molecule has 2 aromatic carbocycles. The zero-order chi connectivity index (χ0) is 18.1. The maximum absolute atomic E-state index is 13.1. The smallest absolute Gasteiger partial charge is 0.166 e. The highest BCUT2D eigenvalue weighted by Gasteiger charge is 2.10.